The second kappa shape index (κ2) is 13.4. The highest BCUT2D eigenvalue weighted by atomic mass is 32.2. The molecule has 0 saturated carbocycles. The summed E-state index contributed by atoms with van der Waals surface area (Å²) in [5.41, 5.74) is 3.85. The quantitative estimate of drug-likeness (QED) is 0.278. The minimum absolute atomic E-state index is 0.331. The van der Waals surface area contributed by atoms with Gasteiger partial charge >= 0.3 is 0 Å². The van der Waals surface area contributed by atoms with Crippen molar-refractivity contribution in [3.05, 3.63) is 22.8 Å². The van der Waals surface area contributed by atoms with E-state index in [2.05, 4.69) is 38.6 Å². The molecule has 1 aliphatic rings. The van der Waals surface area contributed by atoms with E-state index in [4.69, 9.17) is 9.47 Å². The molecule has 2 rings (SSSR count). The molecule has 0 bridgehead atoms. The van der Waals surface area contributed by atoms with E-state index in [1.165, 1.54) is 86.7 Å². The Hall–Kier alpha value is -0.830. The van der Waals surface area contributed by atoms with Crippen LogP contribution in [0.2, 0.25) is 0 Å². The van der Waals surface area contributed by atoms with E-state index in [0.717, 1.165) is 30.3 Å². The van der Waals surface area contributed by atoms with Gasteiger partial charge in [-0.2, -0.15) is 11.8 Å². The average molecular weight is 407 g/mol. The third-order valence-corrected chi connectivity index (χ3v) is 6.95. The fraction of sp³-hybridized carbons (Fsp3) is 0.760. The van der Waals surface area contributed by atoms with Crippen LogP contribution in [0, 0.1) is 13.8 Å². The Kier molecular flexibility index (Phi) is 11.2. The van der Waals surface area contributed by atoms with E-state index < -0.39 is 0 Å². The van der Waals surface area contributed by atoms with Crippen LogP contribution in [-0.4, -0.2) is 24.2 Å². The molecular weight excluding hydrogens is 364 g/mol. The summed E-state index contributed by atoms with van der Waals surface area (Å²) in [6.07, 6.45) is 15.5. The maximum atomic E-state index is 6.28. The fourth-order valence-electron chi connectivity index (χ4n) is 4.08. The molecule has 160 valence electrons. The van der Waals surface area contributed by atoms with Crippen LogP contribution in [0.4, 0.5) is 0 Å². The van der Waals surface area contributed by atoms with Crippen LogP contribution in [0.3, 0.4) is 0 Å². The van der Waals surface area contributed by atoms with Crippen LogP contribution in [0.25, 0.3) is 0 Å². The van der Waals surface area contributed by atoms with Crippen LogP contribution >= 0.6 is 11.8 Å². The molecule has 1 heterocycles. The lowest BCUT2D eigenvalue weighted by Crippen LogP contribution is -2.16. The Morgan fingerprint density at radius 3 is 2.25 bits per heavy atom. The largest absolute Gasteiger partial charge is 0.494 e. The van der Waals surface area contributed by atoms with Gasteiger partial charge in [-0.05, 0) is 50.1 Å². The molecule has 1 aromatic carbocycles. The van der Waals surface area contributed by atoms with E-state index in [9.17, 15) is 0 Å². The molecule has 28 heavy (non-hydrogen) atoms. The topological polar surface area (TPSA) is 18.5 Å². The lowest BCUT2D eigenvalue weighted by Gasteiger charge is -2.13. The summed E-state index contributed by atoms with van der Waals surface area (Å²) < 4.78 is 12.1. The average Bonchev–Trinajstić information content (AvgIpc) is 3.12. The van der Waals surface area contributed by atoms with Crippen molar-refractivity contribution in [2.45, 2.75) is 104 Å². The molecule has 3 heteroatoms. The SMILES string of the molecule is CCCCCCCCCCCCSCC1Cc2c(C)c(OCC)cc(C)c2O1. The molecular formula is C25H42O2S. The monoisotopic (exact) mass is 406 g/mol. The van der Waals surface area contributed by atoms with Gasteiger partial charge in [-0.25, -0.2) is 0 Å². The molecule has 0 saturated heterocycles. The summed E-state index contributed by atoms with van der Waals surface area (Å²) in [6, 6.07) is 2.14. The van der Waals surface area contributed by atoms with Gasteiger partial charge in [0.1, 0.15) is 17.6 Å². The summed E-state index contributed by atoms with van der Waals surface area (Å²) >= 11 is 2.07. The number of ether oxygens (including phenoxy) is 2. The Balaban J connectivity index is 1.55. The third kappa shape index (κ3) is 7.54. The first-order chi connectivity index (χ1) is 13.7. The number of hydrogen-bond donors (Lipinski definition) is 0. The van der Waals surface area contributed by atoms with Gasteiger partial charge in [0.2, 0.25) is 0 Å². The molecule has 0 aromatic heterocycles. The Morgan fingerprint density at radius 2 is 1.61 bits per heavy atom. The molecule has 1 unspecified atom stereocenters. The summed E-state index contributed by atoms with van der Waals surface area (Å²) in [5, 5.41) is 0. The molecule has 2 nitrogen and oxygen atoms in total. The standard InChI is InChI=1S/C25H42O2S/c1-5-7-8-9-10-11-12-13-14-15-16-28-19-22-18-23-21(4)24(26-6-2)17-20(3)25(23)27-22/h17,22H,5-16,18-19H2,1-4H3. The van der Waals surface area contributed by atoms with Crippen molar-refractivity contribution in [1.29, 1.82) is 0 Å². The highest BCUT2D eigenvalue weighted by Crippen LogP contribution is 2.40. The van der Waals surface area contributed by atoms with Crippen LogP contribution in [0.5, 0.6) is 11.5 Å². The van der Waals surface area contributed by atoms with E-state index in [0.29, 0.717) is 6.10 Å². The number of rotatable bonds is 15. The Labute approximate surface area is 178 Å². The van der Waals surface area contributed by atoms with Gasteiger partial charge in [0, 0.05) is 17.7 Å². The van der Waals surface area contributed by atoms with Crippen molar-refractivity contribution in [1.82, 2.24) is 0 Å². The summed E-state index contributed by atoms with van der Waals surface area (Å²) in [7, 11) is 0. The first-order valence-electron chi connectivity index (χ1n) is 11.7. The second-order valence-corrected chi connectivity index (χ2v) is 9.41. The number of thioether (sulfide) groups is 1. The summed E-state index contributed by atoms with van der Waals surface area (Å²) in [5.74, 6) is 4.52. The van der Waals surface area contributed by atoms with Crippen molar-refractivity contribution in [2.75, 3.05) is 18.1 Å². The lowest BCUT2D eigenvalue weighted by molar-refractivity contribution is 0.258. The zero-order valence-electron chi connectivity index (χ0n) is 18.8. The first kappa shape index (κ1) is 23.4. The van der Waals surface area contributed by atoms with Crippen molar-refractivity contribution in [3.63, 3.8) is 0 Å². The normalized spacial score (nSPS) is 15.5. The highest BCUT2D eigenvalue weighted by Gasteiger charge is 2.27. The number of unbranched alkanes of at least 4 members (excludes halogenated alkanes) is 9. The number of aryl methyl sites for hydroxylation is 1. The number of fused-ring (bicyclic) bond motifs is 1. The van der Waals surface area contributed by atoms with E-state index in [1.54, 1.807) is 0 Å². The third-order valence-electron chi connectivity index (χ3n) is 5.76. The van der Waals surface area contributed by atoms with Crippen LogP contribution in [0.1, 0.15) is 94.7 Å². The zero-order valence-corrected chi connectivity index (χ0v) is 19.6. The van der Waals surface area contributed by atoms with Gasteiger partial charge < -0.3 is 9.47 Å². The minimum Gasteiger partial charge on any atom is -0.494 e. The molecule has 0 radical (unpaired) electrons. The van der Waals surface area contributed by atoms with Crippen molar-refractivity contribution < 1.29 is 9.47 Å². The highest BCUT2D eigenvalue weighted by molar-refractivity contribution is 7.99. The minimum atomic E-state index is 0.331. The molecule has 1 atom stereocenters. The Bertz CT molecular complexity index is 570. The van der Waals surface area contributed by atoms with Gasteiger partial charge in [0.25, 0.3) is 0 Å². The smallest absolute Gasteiger partial charge is 0.126 e. The van der Waals surface area contributed by atoms with Gasteiger partial charge in [-0.3, -0.25) is 0 Å². The van der Waals surface area contributed by atoms with E-state index >= 15 is 0 Å². The number of hydrogen-bond acceptors (Lipinski definition) is 3. The van der Waals surface area contributed by atoms with Crippen LogP contribution < -0.4 is 9.47 Å². The van der Waals surface area contributed by atoms with E-state index in [1.807, 2.05) is 6.92 Å². The molecule has 0 fully saturated rings. The Morgan fingerprint density at radius 1 is 0.964 bits per heavy atom. The fourth-order valence-corrected chi connectivity index (χ4v) is 5.10. The van der Waals surface area contributed by atoms with Crippen molar-refractivity contribution >= 4 is 11.8 Å². The molecule has 0 spiro atoms. The van der Waals surface area contributed by atoms with Crippen molar-refractivity contribution in [2.24, 2.45) is 0 Å². The van der Waals surface area contributed by atoms with Gasteiger partial charge in [0.15, 0.2) is 0 Å². The second-order valence-electron chi connectivity index (χ2n) is 8.26. The number of benzene rings is 1. The predicted octanol–water partition coefficient (Wildman–Crippen LogP) is 7.66. The molecule has 0 amide bonds. The molecule has 0 aliphatic carbocycles. The summed E-state index contributed by atoms with van der Waals surface area (Å²) in [6.45, 7) is 9.37. The van der Waals surface area contributed by atoms with Gasteiger partial charge in [0.05, 0.1) is 6.61 Å². The summed E-state index contributed by atoms with van der Waals surface area (Å²) in [4.78, 5) is 0. The zero-order chi connectivity index (χ0) is 20.2. The molecule has 1 aromatic rings. The van der Waals surface area contributed by atoms with E-state index in [-0.39, 0.29) is 0 Å². The molecule has 0 N–H and O–H groups in total. The van der Waals surface area contributed by atoms with Crippen LogP contribution in [0.15, 0.2) is 6.07 Å². The predicted molar refractivity (Wildman–Crippen MR) is 124 cm³/mol. The first-order valence-corrected chi connectivity index (χ1v) is 12.8. The lowest BCUT2D eigenvalue weighted by atomic mass is 10.0. The maximum Gasteiger partial charge on any atom is 0.126 e. The maximum absolute atomic E-state index is 6.28. The van der Waals surface area contributed by atoms with Crippen LogP contribution in [-0.2, 0) is 6.42 Å². The van der Waals surface area contributed by atoms with Gasteiger partial charge in [-0.1, -0.05) is 64.7 Å². The molecule has 1 aliphatic heterocycles. The van der Waals surface area contributed by atoms with Crippen molar-refractivity contribution in [3.8, 4) is 11.5 Å². The van der Waals surface area contributed by atoms with Gasteiger partial charge in [-0.15, -0.1) is 0 Å².